The summed E-state index contributed by atoms with van der Waals surface area (Å²) >= 11 is 0. The maximum atomic E-state index is 14.7. The summed E-state index contributed by atoms with van der Waals surface area (Å²) in [6.45, 7) is 17.8. The highest BCUT2D eigenvalue weighted by atomic mass is 16.7. The second-order valence-corrected chi connectivity index (χ2v) is 22.1. The van der Waals surface area contributed by atoms with Crippen molar-refractivity contribution in [2.24, 2.45) is 28.8 Å². The van der Waals surface area contributed by atoms with Gasteiger partial charge in [-0.2, -0.15) is 0 Å². The maximum Gasteiger partial charge on any atom is 0.311 e. The number of hydrogen-bond acceptors (Lipinski definition) is 17. The number of unbranched alkanes of at least 4 members (excludes halogenated alkanes) is 1. The monoisotopic (exact) mass is 1040 g/mol. The number of likely N-dealkylation sites (N-methyl/N-ethyl adjacent to an activating group) is 1. The zero-order valence-electron chi connectivity index (χ0n) is 46.4. The largest absolute Gasteiger partial charge is 0.493 e. The quantitative estimate of drug-likeness (QED) is 0.0632. The number of nitrogens with zero attached hydrogens (tertiary/aromatic N) is 2. The Hall–Kier alpha value is -3.75. The van der Waals surface area contributed by atoms with E-state index < -0.39 is 102 Å². The van der Waals surface area contributed by atoms with Crippen molar-refractivity contribution in [1.29, 1.82) is 0 Å². The number of cyclic esters (lactones) is 1. The Balaban J connectivity index is 1.48. The van der Waals surface area contributed by atoms with Crippen molar-refractivity contribution in [3.8, 4) is 5.75 Å². The third-order valence-electron chi connectivity index (χ3n) is 15.6. The molecule has 2 aromatic carbocycles. The standard InChI is InChI=1S/C57H90N2O15/c1-14-44-57(10,65)50(62)37(4)47(58-68-31-23-30-67-42-27-19-16-20-28-42)35(2)33-55(8,64)51(74-54-48(61)43(59(11)12)32-36(3)69-54)38(5)49(39(6)53(63)71-44)73-46-34-56(9,66-13)52(40(7)70-46)72-45(60)29-22-21-26-41-24-17-15-18-25-41/h15-20,24-25,27-28,35-40,43-44,46,48-52,54,61-62,64-65H,14,21-23,26,29-34H2,1-13H3/b58-47+/t35-,36-,37+,38+,39-,40+,43+,44-,46?,48-,49+,50-,51-,52+,54+,55?,56-,57-/m1/s1. The van der Waals surface area contributed by atoms with Gasteiger partial charge in [0.25, 0.3) is 0 Å². The first kappa shape index (κ1) is 61.1. The van der Waals surface area contributed by atoms with Crippen LogP contribution in [0.2, 0.25) is 0 Å². The van der Waals surface area contributed by atoms with Crippen molar-refractivity contribution >= 4 is 17.7 Å². The van der Waals surface area contributed by atoms with E-state index in [4.69, 9.17) is 42.7 Å². The van der Waals surface area contributed by atoms with Crippen LogP contribution in [0.4, 0.5) is 0 Å². The van der Waals surface area contributed by atoms with E-state index in [-0.39, 0.29) is 50.4 Å². The molecular weight excluding hydrogens is 953 g/mol. The van der Waals surface area contributed by atoms with Crippen LogP contribution in [0.25, 0.3) is 0 Å². The molecule has 5 rings (SSSR count). The molecule has 3 saturated heterocycles. The van der Waals surface area contributed by atoms with E-state index in [0.29, 0.717) is 31.6 Å². The predicted molar refractivity (Wildman–Crippen MR) is 279 cm³/mol. The fourth-order valence-electron chi connectivity index (χ4n) is 11.2. The van der Waals surface area contributed by atoms with Crippen LogP contribution in [-0.2, 0) is 54.0 Å². The van der Waals surface area contributed by atoms with E-state index >= 15 is 0 Å². The number of methoxy groups -OCH3 is 1. The Kier molecular flexibility index (Phi) is 22.7. The molecular formula is C57H90N2O15. The molecule has 3 aliphatic rings. The summed E-state index contributed by atoms with van der Waals surface area (Å²) in [5.41, 5.74) is -3.34. The highest BCUT2D eigenvalue weighted by Gasteiger charge is 2.54. The zero-order valence-corrected chi connectivity index (χ0v) is 46.4. The lowest BCUT2D eigenvalue weighted by molar-refractivity contribution is -0.318. The van der Waals surface area contributed by atoms with E-state index in [0.717, 1.165) is 18.6 Å². The zero-order chi connectivity index (χ0) is 54.5. The number of esters is 2. The van der Waals surface area contributed by atoms with Gasteiger partial charge >= 0.3 is 11.9 Å². The van der Waals surface area contributed by atoms with E-state index in [1.807, 2.05) is 88.3 Å². The average Bonchev–Trinajstić information content (AvgIpc) is 3.36. The molecule has 74 heavy (non-hydrogen) atoms. The fraction of sp³-hybridized carbons (Fsp3) is 0.737. The van der Waals surface area contributed by atoms with E-state index in [1.165, 1.54) is 19.6 Å². The Labute approximate surface area is 440 Å². The van der Waals surface area contributed by atoms with Crippen molar-refractivity contribution in [3.63, 3.8) is 0 Å². The van der Waals surface area contributed by atoms with Gasteiger partial charge in [-0.3, -0.25) is 9.59 Å². The topological polar surface area (TPSA) is 214 Å². The van der Waals surface area contributed by atoms with Crippen LogP contribution in [-0.4, -0.2) is 162 Å². The first-order valence-corrected chi connectivity index (χ1v) is 26.9. The summed E-state index contributed by atoms with van der Waals surface area (Å²) in [5, 5.41) is 53.8. The molecule has 17 heteroatoms. The third-order valence-corrected chi connectivity index (χ3v) is 15.6. The average molecular weight is 1040 g/mol. The van der Waals surface area contributed by atoms with Gasteiger partial charge in [0.15, 0.2) is 18.7 Å². The van der Waals surface area contributed by atoms with Crippen molar-refractivity contribution in [1.82, 2.24) is 4.90 Å². The highest BCUT2D eigenvalue weighted by molar-refractivity contribution is 5.88. The number of carbonyl (C=O) groups is 2. The molecule has 2 unspecified atom stereocenters. The minimum absolute atomic E-state index is 0.0310. The van der Waals surface area contributed by atoms with Gasteiger partial charge in [-0.15, -0.1) is 0 Å². The molecule has 0 amide bonds. The van der Waals surface area contributed by atoms with Crippen LogP contribution >= 0.6 is 0 Å². The molecule has 0 radical (unpaired) electrons. The van der Waals surface area contributed by atoms with Crippen LogP contribution in [0.3, 0.4) is 0 Å². The lowest BCUT2D eigenvalue weighted by atomic mass is 9.73. The summed E-state index contributed by atoms with van der Waals surface area (Å²) in [7, 11) is 5.28. The molecule has 3 aliphatic heterocycles. The van der Waals surface area contributed by atoms with Gasteiger partial charge in [-0.1, -0.05) is 81.4 Å². The number of oxime groups is 1. The lowest BCUT2D eigenvalue weighted by Crippen LogP contribution is -2.61. The minimum atomic E-state index is -1.99. The smallest absolute Gasteiger partial charge is 0.311 e. The summed E-state index contributed by atoms with van der Waals surface area (Å²) in [4.78, 5) is 35.9. The first-order chi connectivity index (χ1) is 34.9. The number of aliphatic hydroxyl groups is 4. The van der Waals surface area contributed by atoms with Gasteiger partial charge in [0.2, 0.25) is 0 Å². The molecule has 2 aromatic rings. The summed E-state index contributed by atoms with van der Waals surface area (Å²) < 4.78 is 51.0. The normalized spacial score (nSPS) is 38.2. The number of benzene rings is 2. The molecule has 0 spiro atoms. The second-order valence-electron chi connectivity index (χ2n) is 22.1. The number of rotatable bonds is 19. The van der Waals surface area contributed by atoms with Crippen LogP contribution in [0, 0.1) is 23.7 Å². The number of aryl methyl sites for hydroxylation is 1. The Morgan fingerprint density at radius 2 is 1.50 bits per heavy atom. The van der Waals surface area contributed by atoms with E-state index in [9.17, 15) is 30.0 Å². The number of ether oxygens (including phenoxy) is 8. The first-order valence-electron chi connectivity index (χ1n) is 26.9. The highest BCUT2D eigenvalue weighted by Crippen LogP contribution is 2.42. The van der Waals surface area contributed by atoms with Crippen molar-refractivity contribution < 1.29 is 72.7 Å². The van der Waals surface area contributed by atoms with Crippen LogP contribution in [0.5, 0.6) is 5.75 Å². The molecule has 418 valence electrons. The Morgan fingerprint density at radius 1 is 0.838 bits per heavy atom. The predicted octanol–water partition coefficient (Wildman–Crippen LogP) is 7.02. The molecule has 0 saturated carbocycles. The Morgan fingerprint density at radius 3 is 2.14 bits per heavy atom. The number of para-hydroxylation sites is 1. The van der Waals surface area contributed by atoms with Gasteiger partial charge in [0, 0.05) is 50.2 Å². The Bertz CT molecular complexity index is 2040. The molecule has 0 aliphatic carbocycles. The van der Waals surface area contributed by atoms with Gasteiger partial charge in [-0.05, 0) is 112 Å². The lowest BCUT2D eigenvalue weighted by Gasteiger charge is -2.49. The number of carbonyl (C=O) groups excluding carboxylic acids is 2. The fourth-order valence-corrected chi connectivity index (χ4v) is 11.2. The SMILES string of the molecule is CC[C@H]1OC(=O)[C@H](C)[C@@H](OC2C[C@@](C)(OC)[C@@H](OC(=O)CCCCc3ccccc3)[C@H](C)O2)[C@H](C)[C@@H](O[C@@H]2O[C@H](C)C[C@H](N(C)C)[C@H]2O)C(C)(O)C[C@@H](C)/C(=N\OCCCOc2ccccc2)[C@H](C)[C@@H](O)[C@]1(C)O. The van der Waals surface area contributed by atoms with Gasteiger partial charge < -0.3 is 68.1 Å². The van der Waals surface area contributed by atoms with E-state index in [1.54, 1.807) is 41.5 Å². The van der Waals surface area contributed by atoms with E-state index in [2.05, 4.69) is 17.3 Å². The molecule has 18 atom stereocenters. The number of hydrogen-bond donors (Lipinski definition) is 4. The third kappa shape index (κ3) is 15.9. The van der Waals surface area contributed by atoms with Crippen molar-refractivity contribution in [2.45, 2.75) is 211 Å². The number of aliphatic hydroxyl groups excluding tert-OH is 2. The molecule has 3 heterocycles. The second kappa shape index (κ2) is 27.5. The molecule has 0 aromatic heterocycles. The van der Waals surface area contributed by atoms with Gasteiger partial charge in [0.05, 0.1) is 54.4 Å². The summed E-state index contributed by atoms with van der Waals surface area (Å²) in [5.74, 6) is -3.87. The molecule has 4 N–H and O–H groups in total. The maximum absolute atomic E-state index is 14.7. The van der Waals surface area contributed by atoms with Crippen LogP contribution in [0.1, 0.15) is 126 Å². The molecule has 17 nitrogen and oxygen atoms in total. The van der Waals surface area contributed by atoms with Crippen molar-refractivity contribution in [2.75, 3.05) is 34.4 Å². The van der Waals surface area contributed by atoms with Crippen LogP contribution in [0.15, 0.2) is 65.8 Å². The van der Waals surface area contributed by atoms with Crippen LogP contribution < -0.4 is 4.74 Å². The molecule has 3 fully saturated rings. The summed E-state index contributed by atoms with van der Waals surface area (Å²) in [6, 6.07) is 19.2. The minimum Gasteiger partial charge on any atom is -0.493 e. The van der Waals surface area contributed by atoms with Crippen molar-refractivity contribution in [3.05, 3.63) is 66.2 Å². The molecule has 0 bridgehead atoms. The van der Waals surface area contributed by atoms with Gasteiger partial charge in [0.1, 0.15) is 35.8 Å². The summed E-state index contributed by atoms with van der Waals surface area (Å²) in [6.07, 6.45) is -6.61. The van der Waals surface area contributed by atoms with Gasteiger partial charge in [-0.25, -0.2) is 0 Å².